The van der Waals surface area contributed by atoms with Gasteiger partial charge in [0.25, 0.3) is 0 Å². The molecule has 0 aromatic heterocycles. The number of rotatable bonds is 2. The van der Waals surface area contributed by atoms with Gasteiger partial charge in [0.05, 0.1) is 12.7 Å². The van der Waals surface area contributed by atoms with Gasteiger partial charge in [0.15, 0.2) is 11.5 Å². The smallest absolute Gasteiger partial charge is 0.231 e. The molecule has 3 aliphatic rings. The van der Waals surface area contributed by atoms with Crippen LogP contribution in [0.5, 0.6) is 17.2 Å². The highest BCUT2D eigenvalue weighted by molar-refractivity contribution is 5.51. The molecule has 21 heavy (non-hydrogen) atoms. The van der Waals surface area contributed by atoms with Crippen LogP contribution in [0, 0.1) is 0 Å². The van der Waals surface area contributed by atoms with E-state index in [1.165, 1.54) is 19.3 Å². The molecule has 2 unspecified atom stereocenters. The molecule has 0 radical (unpaired) electrons. The second-order valence-electron chi connectivity index (χ2n) is 6.07. The minimum absolute atomic E-state index is 0.237. The molecule has 114 valence electrons. The fourth-order valence-electron chi connectivity index (χ4n) is 3.69. The summed E-state index contributed by atoms with van der Waals surface area (Å²) in [7, 11) is 0. The highest BCUT2D eigenvalue weighted by atomic mass is 16.7. The van der Waals surface area contributed by atoms with Crippen LogP contribution in [0.25, 0.3) is 0 Å². The van der Waals surface area contributed by atoms with E-state index in [-0.39, 0.29) is 12.5 Å². The quantitative estimate of drug-likeness (QED) is 0.906. The molecule has 1 aromatic rings. The topological polar surface area (TPSA) is 51.2 Å². The van der Waals surface area contributed by atoms with Crippen molar-refractivity contribution in [2.45, 2.75) is 44.4 Å². The second-order valence-corrected chi connectivity index (χ2v) is 6.07. The molecule has 0 amide bonds. The maximum absolute atomic E-state index is 10.2. The first-order valence-electron chi connectivity index (χ1n) is 7.78. The predicted molar refractivity (Wildman–Crippen MR) is 76.6 cm³/mol. The molecule has 1 saturated heterocycles. The summed E-state index contributed by atoms with van der Waals surface area (Å²) in [4.78, 5) is 2.45. The zero-order valence-corrected chi connectivity index (χ0v) is 12.1. The molecule has 1 aliphatic carbocycles. The molecule has 0 spiro atoms. The van der Waals surface area contributed by atoms with E-state index in [1.54, 1.807) is 6.07 Å². The highest BCUT2D eigenvalue weighted by Gasteiger charge is 2.34. The number of hydrogen-bond donors (Lipinski definition) is 1. The number of nitrogens with zero attached hydrogens (tertiary/aromatic N) is 1. The number of morpholine rings is 1. The van der Waals surface area contributed by atoms with Crippen LogP contribution < -0.4 is 9.47 Å². The van der Waals surface area contributed by atoms with Crippen molar-refractivity contribution in [3.05, 3.63) is 17.7 Å². The Kier molecular flexibility index (Phi) is 3.39. The number of fused-ring (bicyclic) bond motifs is 2. The third-order valence-electron chi connectivity index (χ3n) is 4.79. The van der Waals surface area contributed by atoms with E-state index in [1.807, 2.05) is 6.07 Å². The van der Waals surface area contributed by atoms with Crippen molar-refractivity contribution in [1.29, 1.82) is 0 Å². The zero-order chi connectivity index (χ0) is 14.2. The van der Waals surface area contributed by atoms with E-state index in [0.29, 0.717) is 17.9 Å². The Morgan fingerprint density at radius 3 is 2.86 bits per heavy atom. The first kappa shape index (κ1) is 13.2. The summed E-state index contributed by atoms with van der Waals surface area (Å²) in [5, 5.41) is 10.2. The molecule has 4 rings (SSSR count). The van der Waals surface area contributed by atoms with Crippen molar-refractivity contribution in [3.63, 3.8) is 0 Å². The van der Waals surface area contributed by atoms with Crippen molar-refractivity contribution >= 4 is 0 Å². The lowest BCUT2D eigenvalue weighted by molar-refractivity contribution is -0.0912. The Labute approximate surface area is 124 Å². The number of hydrogen-bond acceptors (Lipinski definition) is 5. The molecule has 5 nitrogen and oxygen atoms in total. The fraction of sp³-hybridized carbons (Fsp3) is 0.625. The Bertz CT molecular complexity index is 531. The van der Waals surface area contributed by atoms with Gasteiger partial charge in [-0.25, -0.2) is 0 Å². The summed E-state index contributed by atoms with van der Waals surface area (Å²) in [6.07, 6.45) is 5.26. The van der Waals surface area contributed by atoms with Crippen molar-refractivity contribution in [3.8, 4) is 17.2 Å². The minimum Gasteiger partial charge on any atom is -0.507 e. The van der Waals surface area contributed by atoms with Crippen molar-refractivity contribution in [2.75, 3.05) is 19.9 Å². The van der Waals surface area contributed by atoms with Crippen LogP contribution in [-0.4, -0.2) is 42.1 Å². The van der Waals surface area contributed by atoms with Gasteiger partial charge in [-0.1, -0.05) is 12.8 Å². The van der Waals surface area contributed by atoms with Crippen molar-refractivity contribution < 1.29 is 19.3 Å². The molecule has 2 fully saturated rings. The molecular formula is C16H21NO4. The average Bonchev–Trinajstić information content (AvgIpc) is 2.95. The van der Waals surface area contributed by atoms with Crippen LogP contribution in [0.3, 0.4) is 0 Å². The minimum atomic E-state index is 0.237. The summed E-state index contributed by atoms with van der Waals surface area (Å²) < 4.78 is 16.6. The molecule has 5 heteroatoms. The highest BCUT2D eigenvalue weighted by Crippen LogP contribution is 2.39. The van der Waals surface area contributed by atoms with Crippen LogP contribution in [0.1, 0.15) is 31.2 Å². The monoisotopic (exact) mass is 291 g/mol. The zero-order valence-electron chi connectivity index (χ0n) is 12.1. The molecule has 0 bridgehead atoms. The lowest BCUT2D eigenvalue weighted by atomic mass is 9.90. The van der Waals surface area contributed by atoms with Gasteiger partial charge in [-0.3, -0.25) is 4.90 Å². The van der Waals surface area contributed by atoms with Crippen LogP contribution in [0.4, 0.5) is 0 Å². The van der Waals surface area contributed by atoms with Gasteiger partial charge in [0.2, 0.25) is 6.79 Å². The van der Waals surface area contributed by atoms with E-state index < -0.39 is 0 Å². The number of ether oxygens (including phenoxy) is 3. The third kappa shape index (κ3) is 2.45. The number of benzene rings is 1. The van der Waals surface area contributed by atoms with E-state index >= 15 is 0 Å². The Morgan fingerprint density at radius 2 is 1.95 bits per heavy atom. The lowest BCUT2D eigenvalue weighted by Crippen LogP contribution is -2.52. The summed E-state index contributed by atoms with van der Waals surface area (Å²) in [6.45, 7) is 2.69. The predicted octanol–water partition coefficient (Wildman–Crippen LogP) is 2.26. The molecule has 1 aromatic carbocycles. The first-order chi connectivity index (χ1) is 10.3. The Hall–Kier alpha value is -1.46. The largest absolute Gasteiger partial charge is 0.507 e. The molecule has 2 aliphatic heterocycles. The summed E-state index contributed by atoms with van der Waals surface area (Å²) >= 11 is 0. The van der Waals surface area contributed by atoms with Gasteiger partial charge in [-0.2, -0.15) is 0 Å². The molecule has 1 saturated carbocycles. The van der Waals surface area contributed by atoms with Crippen molar-refractivity contribution in [2.24, 2.45) is 0 Å². The van der Waals surface area contributed by atoms with E-state index in [2.05, 4.69) is 4.90 Å². The summed E-state index contributed by atoms with van der Waals surface area (Å²) in [5.74, 6) is 1.66. The average molecular weight is 291 g/mol. The summed E-state index contributed by atoms with van der Waals surface area (Å²) in [6, 6.07) is 4.05. The maximum atomic E-state index is 10.2. The van der Waals surface area contributed by atoms with Crippen LogP contribution >= 0.6 is 0 Å². The Morgan fingerprint density at radius 1 is 1.14 bits per heavy atom. The van der Waals surface area contributed by atoms with E-state index in [9.17, 15) is 5.11 Å². The van der Waals surface area contributed by atoms with Gasteiger partial charge >= 0.3 is 0 Å². The Balaban J connectivity index is 1.55. The van der Waals surface area contributed by atoms with Crippen LogP contribution in [0.2, 0.25) is 0 Å². The van der Waals surface area contributed by atoms with Gasteiger partial charge < -0.3 is 19.3 Å². The lowest BCUT2D eigenvalue weighted by Gasteiger charge is -2.43. The van der Waals surface area contributed by atoms with Crippen molar-refractivity contribution in [1.82, 2.24) is 4.90 Å². The van der Waals surface area contributed by atoms with Gasteiger partial charge in [0.1, 0.15) is 5.75 Å². The van der Waals surface area contributed by atoms with E-state index in [0.717, 1.165) is 37.4 Å². The van der Waals surface area contributed by atoms with Gasteiger partial charge in [-0.15, -0.1) is 0 Å². The van der Waals surface area contributed by atoms with Gasteiger partial charge in [0, 0.05) is 30.8 Å². The maximum Gasteiger partial charge on any atom is 0.231 e. The molecule has 1 N–H and O–H groups in total. The molecule has 2 atom stereocenters. The normalized spacial score (nSPS) is 28.4. The third-order valence-corrected chi connectivity index (χ3v) is 4.79. The molecule has 2 heterocycles. The first-order valence-corrected chi connectivity index (χ1v) is 7.78. The van der Waals surface area contributed by atoms with Crippen LogP contribution in [-0.2, 0) is 11.3 Å². The fourth-order valence-corrected chi connectivity index (χ4v) is 3.69. The van der Waals surface area contributed by atoms with Gasteiger partial charge in [-0.05, 0) is 18.9 Å². The standard InChI is InChI=1S/C16H21NO4/c18-13-8-16-15(20-10-21-16)7-11(13)9-17-5-6-19-14-4-2-1-3-12(14)17/h7-8,12,14,18H,1-6,9-10H2. The van der Waals surface area contributed by atoms with Crippen LogP contribution in [0.15, 0.2) is 12.1 Å². The number of aromatic hydroxyl groups is 1. The SMILES string of the molecule is Oc1cc2c(cc1CN1CCOC3CCCCC31)OCO2. The number of phenols is 1. The summed E-state index contributed by atoms with van der Waals surface area (Å²) in [5.41, 5.74) is 0.908. The second kappa shape index (κ2) is 5.39. The molecular weight excluding hydrogens is 270 g/mol. The van der Waals surface area contributed by atoms with E-state index in [4.69, 9.17) is 14.2 Å². The number of phenolic OH excluding ortho intramolecular Hbond substituents is 1.